The van der Waals surface area contributed by atoms with Gasteiger partial charge in [-0.15, -0.1) is 0 Å². The highest BCUT2D eigenvalue weighted by molar-refractivity contribution is 6.30. The van der Waals surface area contributed by atoms with Gasteiger partial charge in [-0.25, -0.2) is 0 Å². The smallest absolute Gasteiger partial charge is 0.312 e. The Hall–Kier alpha value is -1.42. The van der Waals surface area contributed by atoms with E-state index in [1.54, 1.807) is 19.1 Å². The van der Waals surface area contributed by atoms with E-state index in [2.05, 4.69) is 4.98 Å². The molecule has 0 aliphatic heterocycles. The molecule has 0 radical (unpaired) electrons. The summed E-state index contributed by atoms with van der Waals surface area (Å²) in [6.07, 6.45) is 2.30. The van der Waals surface area contributed by atoms with Crippen molar-refractivity contribution >= 4 is 23.4 Å². The molecule has 0 saturated heterocycles. The van der Waals surface area contributed by atoms with Crippen molar-refractivity contribution in [2.75, 3.05) is 7.11 Å². The number of Topliss-reactive ketones (excluding diaryl/α,β-unsaturated/α-hetero) is 1. The molecule has 1 heterocycles. The van der Waals surface area contributed by atoms with Crippen LogP contribution in [-0.4, -0.2) is 23.8 Å². The topological polar surface area (TPSA) is 56.3 Å². The van der Waals surface area contributed by atoms with Crippen LogP contribution < -0.4 is 0 Å². The number of nitrogens with zero attached hydrogens (tertiary/aromatic N) is 1. The number of carbonyl (C=O) groups excluding carboxylic acids is 2. The molecule has 1 saturated carbocycles. The van der Waals surface area contributed by atoms with Crippen LogP contribution in [0, 0.1) is 11.3 Å². The number of ketones is 1. The van der Waals surface area contributed by atoms with E-state index in [1.165, 1.54) is 13.3 Å². The molecule has 0 amide bonds. The number of methoxy groups -OCH3 is 1. The maximum absolute atomic E-state index is 12.0. The fourth-order valence-electron chi connectivity index (χ4n) is 2.11. The molecule has 0 unspecified atom stereocenters. The largest absolute Gasteiger partial charge is 0.469 e. The molecule has 18 heavy (non-hydrogen) atoms. The van der Waals surface area contributed by atoms with E-state index in [0.29, 0.717) is 17.1 Å². The maximum atomic E-state index is 12.0. The molecule has 96 valence electrons. The lowest BCUT2D eigenvalue weighted by Gasteiger charge is -2.07. The number of pyridine rings is 1. The molecular weight excluding hydrogens is 254 g/mol. The predicted octanol–water partition coefficient (Wildman–Crippen LogP) is 2.05. The zero-order chi connectivity index (χ0) is 13.3. The number of aromatic nitrogens is 1. The molecule has 1 aromatic rings. The van der Waals surface area contributed by atoms with Crippen LogP contribution in [0.25, 0.3) is 0 Å². The standard InChI is InChI=1S/C13H14ClNO3/c1-13(12(17)18-2)6-10(13)11(16)5-9-4-3-8(14)7-15-9/h3-4,7,10H,5-6H2,1-2H3/t10-,13-/m0/s1. The van der Waals surface area contributed by atoms with E-state index in [9.17, 15) is 9.59 Å². The summed E-state index contributed by atoms with van der Waals surface area (Å²) in [5, 5.41) is 0.539. The van der Waals surface area contributed by atoms with Crippen LogP contribution in [0.1, 0.15) is 19.0 Å². The first kappa shape index (κ1) is 13.0. The number of esters is 1. The molecule has 2 atom stereocenters. The molecule has 2 rings (SSSR count). The monoisotopic (exact) mass is 267 g/mol. The third kappa shape index (κ3) is 2.38. The second kappa shape index (κ2) is 4.69. The van der Waals surface area contributed by atoms with Gasteiger partial charge in [-0.3, -0.25) is 14.6 Å². The van der Waals surface area contributed by atoms with Gasteiger partial charge in [0.2, 0.25) is 0 Å². The summed E-state index contributed by atoms with van der Waals surface area (Å²) in [7, 11) is 1.34. The first-order valence-corrected chi connectivity index (χ1v) is 6.06. The Morgan fingerprint density at radius 1 is 1.56 bits per heavy atom. The average Bonchev–Trinajstić information content (AvgIpc) is 3.05. The average molecular weight is 268 g/mol. The number of rotatable bonds is 4. The van der Waals surface area contributed by atoms with E-state index in [0.717, 1.165) is 0 Å². The van der Waals surface area contributed by atoms with Crippen LogP contribution in [-0.2, 0) is 20.7 Å². The van der Waals surface area contributed by atoms with Crippen LogP contribution in [0.5, 0.6) is 0 Å². The second-order valence-electron chi connectivity index (χ2n) is 4.78. The van der Waals surface area contributed by atoms with E-state index in [1.807, 2.05) is 0 Å². The molecule has 0 spiro atoms. The number of ether oxygens (including phenoxy) is 1. The Labute approximate surface area is 110 Å². The first-order chi connectivity index (χ1) is 8.47. The van der Waals surface area contributed by atoms with Gasteiger partial charge in [0, 0.05) is 24.2 Å². The molecular formula is C13H14ClNO3. The van der Waals surface area contributed by atoms with Crippen molar-refractivity contribution in [2.45, 2.75) is 19.8 Å². The highest BCUT2D eigenvalue weighted by atomic mass is 35.5. The van der Waals surface area contributed by atoms with Crippen LogP contribution in [0.3, 0.4) is 0 Å². The lowest BCUT2D eigenvalue weighted by Crippen LogP contribution is -2.20. The van der Waals surface area contributed by atoms with Gasteiger partial charge in [-0.1, -0.05) is 11.6 Å². The van der Waals surface area contributed by atoms with Gasteiger partial charge < -0.3 is 4.74 Å². The van der Waals surface area contributed by atoms with Crippen molar-refractivity contribution in [1.29, 1.82) is 0 Å². The van der Waals surface area contributed by atoms with Gasteiger partial charge >= 0.3 is 5.97 Å². The summed E-state index contributed by atoms with van der Waals surface area (Å²) in [5.74, 6) is -0.537. The van der Waals surface area contributed by atoms with Crippen molar-refractivity contribution in [3.63, 3.8) is 0 Å². The third-order valence-corrected chi connectivity index (χ3v) is 3.65. The summed E-state index contributed by atoms with van der Waals surface area (Å²) in [5.41, 5.74) is 0.0293. The minimum atomic E-state index is -0.641. The van der Waals surface area contributed by atoms with Crippen molar-refractivity contribution < 1.29 is 14.3 Å². The van der Waals surface area contributed by atoms with E-state index in [-0.39, 0.29) is 24.1 Å². The third-order valence-electron chi connectivity index (χ3n) is 3.42. The zero-order valence-electron chi connectivity index (χ0n) is 10.3. The fraction of sp³-hybridized carbons (Fsp3) is 0.462. The van der Waals surface area contributed by atoms with E-state index >= 15 is 0 Å². The second-order valence-corrected chi connectivity index (χ2v) is 5.21. The quantitative estimate of drug-likeness (QED) is 0.784. The summed E-state index contributed by atoms with van der Waals surface area (Å²) >= 11 is 5.72. The number of carbonyl (C=O) groups is 2. The van der Waals surface area contributed by atoms with E-state index < -0.39 is 5.41 Å². The first-order valence-electron chi connectivity index (χ1n) is 5.69. The minimum absolute atomic E-state index is 0.0257. The highest BCUT2D eigenvalue weighted by Crippen LogP contribution is 2.53. The van der Waals surface area contributed by atoms with Crippen LogP contribution in [0.15, 0.2) is 18.3 Å². The van der Waals surface area contributed by atoms with Gasteiger partial charge in [0.25, 0.3) is 0 Å². The zero-order valence-corrected chi connectivity index (χ0v) is 11.0. The fourth-order valence-corrected chi connectivity index (χ4v) is 2.22. The number of hydrogen-bond acceptors (Lipinski definition) is 4. The molecule has 5 heteroatoms. The molecule has 0 bridgehead atoms. The molecule has 1 aromatic heterocycles. The van der Waals surface area contributed by atoms with Crippen LogP contribution in [0.2, 0.25) is 5.02 Å². The lowest BCUT2D eigenvalue weighted by atomic mass is 10.0. The summed E-state index contributed by atoms with van der Waals surface area (Å²) in [6, 6.07) is 3.42. The molecule has 1 fully saturated rings. The van der Waals surface area contributed by atoms with Crippen LogP contribution >= 0.6 is 11.6 Å². The lowest BCUT2D eigenvalue weighted by molar-refractivity contribution is -0.148. The van der Waals surface area contributed by atoms with Gasteiger partial charge in [0.15, 0.2) is 0 Å². The minimum Gasteiger partial charge on any atom is -0.469 e. The Morgan fingerprint density at radius 3 is 2.83 bits per heavy atom. The Morgan fingerprint density at radius 2 is 2.28 bits per heavy atom. The number of hydrogen-bond donors (Lipinski definition) is 0. The molecule has 1 aliphatic rings. The Bertz CT molecular complexity index is 486. The Kier molecular flexibility index (Phi) is 3.39. The molecule has 0 N–H and O–H groups in total. The van der Waals surface area contributed by atoms with Crippen molar-refractivity contribution in [3.05, 3.63) is 29.0 Å². The van der Waals surface area contributed by atoms with Gasteiger partial charge in [-0.2, -0.15) is 0 Å². The molecule has 1 aliphatic carbocycles. The predicted molar refractivity (Wildman–Crippen MR) is 66.2 cm³/mol. The normalized spacial score (nSPS) is 25.6. The van der Waals surface area contributed by atoms with Gasteiger partial charge in [0.05, 0.1) is 17.5 Å². The van der Waals surface area contributed by atoms with Crippen molar-refractivity contribution in [3.8, 4) is 0 Å². The SMILES string of the molecule is COC(=O)[C@@]1(C)C[C@H]1C(=O)Cc1ccc(Cl)cn1. The molecule has 4 nitrogen and oxygen atoms in total. The Balaban J connectivity index is 1.99. The molecule has 0 aromatic carbocycles. The van der Waals surface area contributed by atoms with Crippen molar-refractivity contribution in [1.82, 2.24) is 4.98 Å². The summed E-state index contributed by atoms with van der Waals surface area (Å²) < 4.78 is 4.70. The van der Waals surface area contributed by atoms with Crippen LogP contribution in [0.4, 0.5) is 0 Å². The summed E-state index contributed by atoms with van der Waals surface area (Å²) in [6.45, 7) is 1.76. The van der Waals surface area contributed by atoms with Crippen molar-refractivity contribution in [2.24, 2.45) is 11.3 Å². The number of halogens is 1. The highest BCUT2D eigenvalue weighted by Gasteiger charge is 2.60. The van der Waals surface area contributed by atoms with Gasteiger partial charge in [0.1, 0.15) is 5.78 Å². The maximum Gasteiger partial charge on any atom is 0.312 e. The summed E-state index contributed by atoms with van der Waals surface area (Å²) in [4.78, 5) is 27.6. The van der Waals surface area contributed by atoms with E-state index in [4.69, 9.17) is 16.3 Å². The van der Waals surface area contributed by atoms with Gasteiger partial charge in [-0.05, 0) is 25.5 Å².